The summed E-state index contributed by atoms with van der Waals surface area (Å²) in [6, 6.07) is -0.428. The van der Waals surface area contributed by atoms with Crippen molar-refractivity contribution in [2.45, 2.75) is 31.6 Å². The fourth-order valence-corrected chi connectivity index (χ4v) is 2.79. The van der Waals surface area contributed by atoms with Crippen molar-refractivity contribution in [3.63, 3.8) is 0 Å². The lowest BCUT2D eigenvalue weighted by atomic mass is 9.95. The van der Waals surface area contributed by atoms with E-state index in [4.69, 9.17) is 19.0 Å². The molecule has 11 heteroatoms. The molecular weight excluding hydrogens is 285 g/mol. The van der Waals surface area contributed by atoms with Gasteiger partial charge in [-0.1, -0.05) is 6.92 Å². The molecule has 1 aliphatic heterocycles. The zero-order valence-corrected chi connectivity index (χ0v) is 11.9. The first-order valence-corrected chi connectivity index (χ1v) is 8.78. The fraction of sp³-hybridized carbons (Fsp3) is 1.00. The highest BCUT2D eigenvalue weighted by Gasteiger charge is 2.37. The molecule has 1 unspecified atom stereocenters. The van der Waals surface area contributed by atoms with E-state index in [1.54, 1.807) is 7.85 Å². The van der Waals surface area contributed by atoms with E-state index in [1.165, 1.54) is 6.92 Å². The Balaban J connectivity index is 2.47. The van der Waals surface area contributed by atoms with E-state index in [9.17, 15) is 14.0 Å². The zero-order chi connectivity index (χ0) is 14.0. The van der Waals surface area contributed by atoms with Gasteiger partial charge >= 0.3 is 15.4 Å². The minimum absolute atomic E-state index is 0.000130. The topological polar surface area (TPSA) is 123 Å². The molecule has 1 rings (SSSR count). The van der Waals surface area contributed by atoms with Crippen molar-refractivity contribution in [2.24, 2.45) is 0 Å². The van der Waals surface area contributed by atoms with E-state index in [0.29, 0.717) is 0 Å². The van der Waals surface area contributed by atoms with Gasteiger partial charge in [-0.2, -0.15) is 0 Å². The van der Waals surface area contributed by atoms with Crippen molar-refractivity contribution in [3.8, 4) is 0 Å². The van der Waals surface area contributed by atoms with E-state index in [-0.39, 0.29) is 19.2 Å². The molecule has 0 amide bonds. The first kappa shape index (κ1) is 16.3. The van der Waals surface area contributed by atoms with Gasteiger partial charge in [-0.25, -0.2) is 4.57 Å². The second-order valence-electron chi connectivity index (χ2n) is 4.08. The first-order chi connectivity index (χ1) is 8.13. The van der Waals surface area contributed by atoms with Crippen molar-refractivity contribution in [1.82, 2.24) is 0 Å². The van der Waals surface area contributed by atoms with Gasteiger partial charge in [0.15, 0.2) is 0 Å². The van der Waals surface area contributed by atoms with Crippen LogP contribution in [0.25, 0.3) is 0 Å². The smallest absolute Gasteiger partial charge is 0.379 e. The molecule has 8 nitrogen and oxygen atoms in total. The third-order valence-electron chi connectivity index (χ3n) is 2.55. The average Bonchev–Trinajstić information content (AvgIpc) is 2.55. The zero-order valence-electron chi connectivity index (χ0n) is 10.1. The van der Waals surface area contributed by atoms with Crippen LogP contribution >= 0.6 is 15.4 Å². The Hall–Kier alpha value is 0.285. The van der Waals surface area contributed by atoms with Gasteiger partial charge in [-0.05, 0) is 0 Å². The second kappa shape index (κ2) is 6.16. The summed E-state index contributed by atoms with van der Waals surface area (Å²) in [4.78, 5) is 26.5. The van der Waals surface area contributed by atoms with Crippen LogP contribution < -0.4 is 0 Å². The Labute approximate surface area is 106 Å². The third-order valence-corrected chi connectivity index (χ3v) is 4.44. The molecule has 0 radical (unpaired) electrons. The summed E-state index contributed by atoms with van der Waals surface area (Å²) in [7, 11) is -6.48. The van der Waals surface area contributed by atoms with Gasteiger partial charge in [0.05, 0.1) is 24.8 Å². The van der Waals surface area contributed by atoms with E-state index < -0.39 is 33.6 Å². The molecule has 106 valence electrons. The number of ether oxygens (including phenoxy) is 1. The van der Waals surface area contributed by atoms with Crippen LogP contribution in [-0.4, -0.2) is 53.5 Å². The molecule has 0 saturated carbocycles. The number of phosphoric acid groups is 1. The van der Waals surface area contributed by atoms with Crippen LogP contribution in [0.15, 0.2) is 0 Å². The Morgan fingerprint density at radius 1 is 1.39 bits per heavy atom. The standard InChI is InChI=1S/C7H17BO8P2/c1-2-17(9,10)16-6-3-5(15-7(6)8)4-14-18(11,12)13/h5-7H,2-4,8H2,1H3,(H,9,10)(H2,11,12,13)/t5-,6+,7+/m0/s1. The summed E-state index contributed by atoms with van der Waals surface area (Å²) in [6.45, 7) is 1.26. The maximum absolute atomic E-state index is 11.4. The lowest BCUT2D eigenvalue weighted by molar-refractivity contribution is 0.0308. The maximum Gasteiger partial charge on any atom is 0.469 e. The number of hydrogen-bond acceptors (Lipinski definition) is 5. The number of phosphoric ester groups is 1. The highest BCUT2D eigenvalue weighted by atomic mass is 31.2. The van der Waals surface area contributed by atoms with Crippen LogP contribution in [0, 0.1) is 0 Å². The predicted molar refractivity (Wildman–Crippen MR) is 65.1 cm³/mol. The van der Waals surface area contributed by atoms with E-state index in [0.717, 1.165) is 0 Å². The summed E-state index contributed by atoms with van der Waals surface area (Å²) in [5, 5.41) is 0. The third kappa shape index (κ3) is 5.51. The number of rotatable bonds is 6. The molecule has 0 aliphatic carbocycles. The molecule has 3 N–H and O–H groups in total. The SMILES string of the molecule is B[C@@H]1O[C@H](COP(=O)(O)O)C[C@H]1OP(=O)(O)CC. The van der Waals surface area contributed by atoms with Crippen LogP contribution in [0.1, 0.15) is 13.3 Å². The van der Waals surface area contributed by atoms with Crippen molar-refractivity contribution in [1.29, 1.82) is 0 Å². The molecular formula is C7H17BO8P2. The monoisotopic (exact) mass is 302 g/mol. The summed E-state index contributed by atoms with van der Waals surface area (Å²) in [5.41, 5.74) is 0. The van der Waals surface area contributed by atoms with Gasteiger partial charge < -0.3 is 23.9 Å². The van der Waals surface area contributed by atoms with Crippen LogP contribution in [-0.2, 0) is 22.9 Å². The predicted octanol–water partition coefficient (Wildman–Crippen LogP) is -0.566. The molecule has 0 aromatic carbocycles. The maximum atomic E-state index is 11.4. The Kier molecular flexibility index (Phi) is 5.59. The minimum Gasteiger partial charge on any atom is -0.379 e. The van der Waals surface area contributed by atoms with Crippen molar-refractivity contribution in [3.05, 3.63) is 0 Å². The quantitative estimate of drug-likeness (QED) is 0.440. The summed E-state index contributed by atoms with van der Waals surface area (Å²) in [6.07, 6.45) is -0.883. The normalized spacial score (nSPS) is 32.3. The summed E-state index contributed by atoms with van der Waals surface area (Å²) < 4.78 is 36.7. The van der Waals surface area contributed by atoms with Gasteiger partial charge in [-0.3, -0.25) is 9.09 Å². The van der Waals surface area contributed by atoms with E-state index in [1.807, 2.05) is 0 Å². The molecule has 18 heavy (non-hydrogen) atoms. The number of hydrogen-bond donors (Lipinski definition) is 3. The molecule has 0 aromatic rings. The molecule has 0 aromatic heterocycles. The lowest BCUT2D eigenvalue weighted by Gasteiger charge is -2.18. The average molecular weight is 302 g/mol. The second-order valence-corrected chi connectivity index (χ2v) is 7.44. The molecule has 4 atom stereocenters. The Morgan fingerprint density at radius 2 is 2.00 bits per heavy atom. The van der Waals surface area contributed by atoms with Gasteiger partial charge in [0, 0.05) is 12.6 Å². The van der Waals surface area contributed by atoms with Crippen LogP contribution in [0.4, 0.5) is 0 Å². The highest BCUT2D eigenvalue weighted by molar-refractivity contribution is 7.52. The van der Waals surface area contributed by atoms with Gasteiger partial charge in [0.1, 0.15) is 7.85 Å². The fourth-order valence-electron chi connectivity index (χ4n) is 1.60. The molecule has 1 heterocycles. The minimum atomic E-state index is -4.53. The molecule has 1 saturated heterocycles. The highest BCUT2D eigenvalue weighted by Crippen LogP contribution is 2.45. The molecule has 0 spiro atoms. The molecule has 0 bridgehead atoms. The summed E-state index contributed by atoms with van der Waals surface area (Å²) >= 11 is 0. The largest absolute Gasteiger partial charge is 0.469 e. The Bertz CT molecular complexity index is 370. The van der Waals surface area contributed by atoms with Crippen LogP contribution in [0.2, 0.25) is 0 Å². The van der Waals surface area contributed by atoms with E-state index >= 15 is 0 Å². The lowest BCUT2D eigenvalue weighted by Crippen LogP contribution is -2.23. The van der Waals surface area contributed by atoms with Crippen molar-refractivity contribution < 1.29 is 37.6 Å². The van der Waals surface area contributed by atoms with Crippen LogP contribution in [0.5, 0.6) is 0 Å². The van der Waals surface area contributed by atoms with E-state index in [2.05, 4.69) is 4.52 Å². The molecule has 1 aliphatic rings. The summed E-state index contributed by atoms with van der Waals surface area (Å²) in [5.74, 6) is 0. The van der Waals surface area contributed by atoms with Crippen molar-refractivity contribution >= 4 is 23.3 Å². The van der Waals surface area contributed by atoms with Gasteiger partial charge in [0.25, 0.3) is 0 Å². The molecule has 1 fully saturated rings. The Morgan fingerprint density at radius 3 is 2.50 bits per heavy atom. The first-order valence-electron chi connectivity index (χ1n) is 5.48. The van der Waals surface area contributed by atoms with Gasteiger partial charge in [-0.15, -0.1) is 0 Å². The van der Waals surface area contributed by atoms with Crippen LogP contribution in [0.3, 0.4) is 0 Å². The van der Waals surface area contributed by atoms with Gasteiger partial charge in [0.2, 0.25) is 0 Å². The van der Waals surface area contributed by atoms with Crippen molar-refractivity contribution in [2.75, 3.05) is 12.8 Å².